The molecule has 0 radical (unpaired) electrons. The van der Waals surface area contributed by atoms with Crippen LogP contribution in [0.2, 0.25) is 0 Å². The molecular formula is C36H44N4O6. The molecule has 244 valence electrons. The van der Waals surface area contributed by atoms with Gasteiger partial charge >= 0.3 is 5.97 Å². The number of aliphatic carboxylic acids is 1. The zero-order valence-electron chi connectivity index (χ0n) is 27.3. The molecule has 1 heterocycles. The number of piperazine rings is 1. The summed E-state index contributed by atoms with van der Waals surface area (Å²) in [6.45, 7) is 10.3. The van der Waals surface area contributed by atoms with Crippen LogP contribution in [0.25, 0.3) is 0 Å². The van der Waals surface area contributed by atoms with Crippen molar-refractivity contribution in [3.8, 4) is 5.75 Å². The van der Waals surface area contributed by atoms with Gasteiger partial charge in [0.05, 0.1) is 37.4 Å². The van der Waals surface area contributed by atoms with Crippen molar-refractivity contribution in [2.75, 3.05) is 43.5 Å². The second-order valence-electron chi connectivity index (χ2n) is 12.9. The highest BCUT2D eigenvalue weighted by molar-refractivity contribution is 6.00. The fourth-order valence-electron chi connectivity index (χ4n) is 5.41. The number of nitrogens with zero attached hydrogens (tertiary/aromatic N) is 2. The lowest BCUT2D eigenvalue weighted by atomic mass is 9.91. The van der Waals surface area contributed by atoms with Gasteiger partial charge in [0, 0.05) is 38.2 Å². The number of hydrogen-bond donors (Lipinski definition) is 3. The second kappa shape index (κ2) is 14.9. The van der Waals surface area contributed by atoms with Crippen molar-refractivity contribution in [2.24, 2.45) is 5.41 Å². The number of carbonyl (C=O) groups is 4. The first-order chi connectivity index (χ1) is 21.8. The summed E-state index contributed by atoms with van der Waals surface area (Å²) in [6, 6.07) is 19.0. The fourth-order valence-corrected chi connectivity index (χ4v) is 5.41. The Morgan fingerprint density at radius 3 is 2.15 bits per heavy atom. The molecule has 0 aliphatic carbocycles. The standard InChI is InChI=1S/C36H44N4O6/c1-24-6-10-26(11-7-24)29(22-34(43)44)38-35(45)27-12-15-31(39-16-18-40(19-17-39)33(42)23-36(2,3)4)30(21-27)37-32(41)20-25-8-13-28(46-5)14-9-25/h6-15,21,29H,16-20,22-23H2,1-5H3,(H,37,41)(H,38,45)(H,43,44). The third kappa shape index (κ3) is 9.57. The Hall–Kier alpha value is -4.86. The van der Waals surface area contributed by atoms with Crippen LogP contribution in [0.1, 0.15) is 66.7 Å². The van der Waals surface area contributed by atoms with Gasteiger partial charge in [-0.2, -0.15) is 0 Å². The van der Waals surface area contributed by atoms with Crippen molar-refractivity contribution >= 4 is 35.1 Å². The number of carboxylic acid groups (broad SMARTS) is 1. The third-order valence-electron chi connectivity index (χ3n) is 7.87. The molecule has 0 aromatic heterocycles. The first kappa shape index (κ1) is 34.0. The van der Waals surface area contributed by atoms with Crippen molar-refractivity contribution in [3.05, 3.63) is 89.0 Å². The van der Waals surface area contributed by atoms with Crippen LogP contribution in [0, 0.1) is 12.3 Å². The Labute approximate surface area is 270 Å². The van der Waals surface area contributed by atoms with Crippen molar-refractivity contribution in [1.82, 2.24) is 10.2 Å². The SMILES string of the molecule is COc1ccc(CC(=O)Nc2cc(C(=O)NC(CC(=O)O)c3ccc(C)cc3)ccc2N2CCN(C(=O)CC(C)(C)C)CC2)cc1. The number of hydrogen-bond acceptors (Lipinski definition) is 6. The first-order valence-corrected chi connectivity index (χ1v) is 15.5. The monoisotopic (exact) mass is 628 g/mol. The van der Waals surface area contributed by atoms with Crippen LogP contribution in [-0.4, -0.2) is 67.0 Å². The molecule has 3 amide bonds. The summed E-state index contributed by atoms with van der Waals surface area (Å²) >= 11 is 0. The lowest BCUT2D eigenvalue weighted by Gasteiger charge is -2.38. The van der Waals surface area contributed by atoms with E-state index in [1.807, 2.05) is 69.0 Å². The number of carboxylic acids is 1. The molecule has 0 bridgehead atoms. The van der Waals surface area contributed by atoms with Gasteiger partial charge in [-0.25, -0.2) is 0 Å². The van der Waals surface area contributed by atoms with Gasteiger partial charge in [0.25, 0.3) is 5.91 Å². The summed E-state index contributed by atoms with van der Waals surface area (Å²) < 4.78 is 5.22. The largest absolute Gasteiger partial charge is 0.497 e. The maximum absolute atomic E-state index is 13.5. The molecule has 1 aliphatic heterocycles. The predicted molar refractivity (Wildman–Crippen MR) is 178 cm³/mol. The molecule has 10 nitrogen and oxygen atoms in total. The summed E-state index contributed by atoms with van der Waals surface area (Å²) in [7, 11) is 1.58. The zero-order chi connectivity index (χ0) is 33.4. The molecule has 1 unspecified atom stereocenters. The summed E-state index contributed by atoms with van der Waals surface area (Å²) in [4.78, 5) is 55.2. The number of methoxy groups -OCH3 is 1. The summed E-state index contributed by atoms with van der Waals surface area (Å²) in [5.41, 5.74) is 3.89. The molecule has 1 atom stereocenters. The summed E-state index contributed by atoms with van der Waals surface area (Å²) in [5, 5.41) is 15.4. The van der Waals surface area contributed by atoms with Crippen LogP contribution in [0.15, 0.2) is 66.7 Å². The normalized spacial score (nSPS) is 13.9. The molecule has 1 aliphatic rings. The Kier molecular flexibility index (Phi) is 11.1. The van der Waals surface area contributed by atoms with Crippen molar-refractivity contribution < 1.29 is 29.0 Å². The van der Waals surface area contributed by atoms with E-state index in [2.05, 4.69) is 15.5 Å². The maximum Gasteiger partial charge on any atom is 0.305 e. The van der Waals surface area contributed by atoms with Crippen LogP contribution >= 0.6 is 0 Å². The molecule has 3 aromatic carbocycles. The zero-order valence-corrected chi connectivity index (χ0v) is 27.3. The minimum atomic E-state index is -1.03. The number of anilines is 2. The Morgan fingerprint density at radius 2 is 1.57 bits per heavy atom. The Morgan fingerprint density at radius 1 is 0.913 bits per heavy atom. The van der Waals surface area contributed by atoms with Crippen LogP contribution in [0.3, 0.4) is 0 Å². The molecule has 0 saturated carbocycles. The van der Waals surface area contributed by atoms with Gasteiger partial charge in [0.2, 0.25) is 11.8 Å². The van der Waals surface area contributed by atoms with Gasteiger partial charge < -0.3 is 30.3 Å². The Balaban J connectivity index is 1.57. The molecule has 3 N–H and O–H groups in total. The average Bonchev–Trinajstić information content (AvgIpc) is 3.00. The number of ether oxygens (including phenoxy) is 1. The van der Waals surface area contributed by atoms with Crippen molar-refractivity contribution in [3.63, 3.8) is 0 Å². The number of nitrogens with one attached hydrogen (secondary N) is 2. The topological polar surface area (TPSA) is 128 Å². The molecule has 1 saturated heterocycles. The number of benzene rings is 3. The molecule has 46 heavy (non-hydrogen) atoms. The van der Waals surface area contributed by atoms with E-state index in [1.165, 1.54) is 0 Å². The first-order valence-electron chi connectivity index (χ1n) is 15.5. The van der Waals surface area contributed by atoms with E-state index >= 15 is 0 Å². The highest BCUT2D eigenvalue weighted by atomic mass is 16.5. The number of rotatable bonds is 11. The van der Waals surface area contributed by atoms with E-state index in [0.717, 1.165) is 16.8 Å². The molecule has 10 heteroatoms. The quantitative estimate of drug-likeness (QED) is 0.266. The maximum atomic E-state index is 13.5. The van der Waals surface area contributed by atoms with Crippen LogP contribution in [-0.2, 0) is 20.8 Å². The van der Waals surface area contributed by atoms with Gasteiger partial charge in [0.1, 0.15) is 5.75 Å². The lowest BCUT2D eigenvalue weighted by Crippen LogP contribution is -2.49. The van der Waals surface area contributed by atoms with Gasteiger partial charge in [-0.1, -0.05) is 62.7 Å². The third-order valence-corrected chi connectivity index (χ3v) is 7.87. The predicted octanol–water partition coefficient (Wildman–Crippen LogP) is 5.22. The van der Waals surface area contributed by atoms with E-state index in [0.29, 0.717) is 49.6 Å². The summed E-state index contributed by atoms with van der Waals surface area (Å²) in [5.74, 6) is -0.936. The van der Waals surface area contributed by atoms with Gasteiger partial charge in [-0.05, 0) is 53.8 Å². The number of aryl methyl sites for hydroxylation is 1. The number of carbonyl (C=O) groups excluding carboxylic acids is 3. The lowest BCUT2D eigenvalue weighted by molar-refractivity contribution is -0.137. The summed E-state index contributed by atoms with van der Waals surface area (Å²) in [6.07, 6.45) is 0.300. The minimum Gasteiger partial charge on any atom is -0.497 e. The molecule has 3 aromatic rings. The van der Waals surface area contributed by atoms with Gasteiger partial charge in [0.15, 0.2) is 0 Å². The number of amides is 3. The van der Waals surface area contributed by atoms with Crippen LogP contribution in [0.5, 0.6) is 5.75 Å². The minimum absolute atomic E-state index is 0.102. The average molecular weight is 629 g/mol. The van der Waals surface area contributed by atoms with Gasteiger partial charge in [-0.15, -0.1) is 0 Å². The van der Waals surface area contributed by atoms with E-state index in [-0.39, 0.29) is 35.6 Å². The highest BCUT2D eigenvalue weighted by Crippen LogP contribution is 2.30. The van der Waals surface area contributed by atoms with E-state index in [1.54, 1.807) is 37.4 Å². The Bertz CT molecular complexity index is 1540. The van der Waals surface area contributed by atoms with E-state index in [9.17, 15) is 24.3 Å². The smallest absolute Gasteiger partial charge is 0.305 e. The molecule has 4 rings (SSSR count). The second-order valence-corrected chi connectivity index (χ2v) is 12.9. The van der Waals surface area contributed by atoms with Crippen molar-refractivity contribution in [1.29, 1.82) is 0 Å². The van der Waals surface area contributed by atoms with Crippen molar-refractivity contribution in [2.45, 2.75) is 53.0 Å². The van der Waals surface area contributed by atoms with E-state index < -0.39 is 17.9 Å². The molecule has 0 spiro atoms. The fraction of sp³-hybridized carbons (Fsp3) is 0.389. The molecule has 1 fully saturated rings. The molecular weight excluding hydrogens is 584 g/mol. The van der Waals surface area contributed by atoms with Gasteiger partial charge in [-0.3, -0.25) is 19.2 Å². The van der Waals surface area contributed by atoms with E-state index in [4.69, 9.17) is 4.74 Å². The van der Waals surface area contributed by atoms with Crippen LogP contribution in [0.4, 0.5) is 11.4 Å². The highest BCUT2D eigenvalue weighted by Gasteiger charge is 2.27. The van der Waals surface area contributed by atoms with Crippen LogP contribution < -0.4 is 20.3 Å².